The fourth-order valence-corrected chi connectivity index (χ4v) is 2.32. The van der Waals surface area contributed by atoms with Gasteiger partial charge in [0.15, 0.2) is 5.65 Å². The van der Waals surface area contributed by atoms with Gasteiger partial charge >= 0.3 is 0 Å². The Morgan fingerprint density at radius 1 is 0.810 bits per heavy atom. The average Bonchev–Trinajstić information content (AvgIpc) is 3.03. The zero-order valence-corrected chi connectivity index (χ0v) is 11.1. The van der Waals surface area contributed by atoms with E-state index in [4.69, 9.17) is 0 Å². The Hall–Kier alpha value is -3.08. The minimum absolute atomic E-state index is 0.821. The first-order valence-electron chi connectivity index (χ1n) is 6.58. The van der Waals surface area contributed by atoms with Crippen LogP contribution in [0.2, 0.25) is 0 Å². The van der Waals surface area contributed by atoms with E-state index in [1.165, 1.54) is 0 Å². The van der Waals surface area contributed by atoms with Crippen molar-refractivity contribution in [3.05, 3.63) is 67.4 Å². The van der Waals surface area contributed by atoms with Crippen molar-refractivity contribution in [1.29, 1.82) is 0 Å². The minimum Gasteiger partial charge on any atom is -0.255 e. The maximum absolute atomic E-state index is 4.49. The second-order valence-electron chi connectivity index (χ2n) is 4.60. The van der Waals surface area contributed by atoms with Gasteiger partial charge in [0.2, 0.25) is 0 Å². The predicted molar refractivity (Wildman–Crippen MR) is 79.4 cm³/mol. The van der Waals surface area contributed by atoms with Crippen LogP contribution in [0.1, 0.15) is 0 Å². The lowest BCUT2D eigenvalue weighted by atomic mass is 10.0. The molecule has 0 bridgehead atoms. The summed E-state index contributed by atoms with van der Waals surface area (Å²) in [6.07, 6.45) is 7.05. The van der Waals surface area contributed by atoms with Gasteiger partial charge in [-0.15, -0.1) is 0 Å². The minimum atomic E-state index is 0.821. The third-order valence-electron chi connectivity index (χ3n) is 3.30. The van der Waals surface area contributed by atoms with Gasteiger partial charge in [0.1, 0.15) is 6.33 Å². The molecule has 4 aromatic heterocycles. The summed E-state index contributed by atoms with van der Waals surface area (Å²) in [4.78, 5) is 13.0. The van der Waals surface area contributed by atoms with Gasteiger partial charge in [-0.25, -0.2) is 9.50 Å². The molecule has 0 aliphatic rings. The molecule has 4 rings (SSSR count). The summed E-state index contributed by atoms with van der Waals surface area (Å²) in [5, 5.41) is 4.18. The monoisotopic (exact) mass is 273 g/mol. The van der Waals surface area contributed by atoms with Crippen LogP contribution in [0.3, 0.4) is 0 Å². The molecule has 0 amide bonds. The lowest BCUT2D eigenvalue weighted by Gasteiger charge is -2.08. The Kier molecular flexibility index (Phi) is 2.67. The molecule has 0 saturated heterocycles. The number of aromatic nitrogens is 5. The molecule has 0 unspecified atom stereocenters. The van der Waals surface area contributed by atoms with Gasteiger partial charge in [0.25, 0.3) is 0 Å². The fourth-order valence-electron chi connectivity index (χ4n) is 2.32. The van der Waals surface area contributed by atoms with Gasteiger partial charge in [-0.2, -0.15) is 5.10 Å². The Morgan fingerprint density at radius 2 is 1.76 bits per heavy atom. The number of nitrogens with zero attached hydrogens (tertiary/aromatic N) is 5. The normalized spacial score (nSPS) is 10.9. The average molecular weight is 273 g/mol. The van der Waals surface area contributed by atoms with E-state index < -0.39 is 0 Å². The second kappa shape index (κ2) is 4.79. The highest BCUT2D eigenvalue weighted by atomic mass is 15.3. The standard InChI is InChI=1S/C16H11N5/c1-2-8-17-14(5-1)16-13(4-3-9-18-16)12-6-7-15-19-11-20-21(15)10-12/h1-11H. The summed E-state index contributed by atoms with van der Waals surface area (Å²) in [6.45, 7) is 0. The Balaban J connectivity index is 1.92. The first-order chi connectivity index (χ1) is 10.4. The summed E-state index contributed by atoms with van der Waals surface area (Å²) in [5.41, 5.74) is 4.58. The number of hydrogen-bond donors (Lipinski definition) is 0. The van der Waals surface area contributed by atoms with Gasteiger partial charge < -0.3 is 0 Å². The number of fused-ring (bicyclic) bond motifs is 1. The second-order valence-corrected chi connectivity index (χ2v) is 4.60. The van der Waals surface area contributed by atoms with Crippen molar-refractivity contribution >= 4 is 5.65 Å². The summed E-state index contributed by atoms with van der Waals surface area (Å²) < 4.78 is 1.75. The van der Waals surface area contributed by atoms with Crippen molar-refractivity contribution in [3.63, 3.8) is 0 Å². The van der Waals surface area contributed by atoms with Crippen molar-refractivity contribution in [1.82, 2.24) is 24.6 Å². The van der Waals surface area contributed by atoms with Crippen LogP contribution in [0.25, 0.3) is 28.2 Å². The van der Waals surface area contributed by atoms with Gasteiger partial charge in [0.05, 0.1) is 11.4 Å². The molecule has 0 aliphatic carbocycles. The van der Waals surface area contributed by atoms with E-state index in [2.05, 4.69) is 20.1 Å². The molecule has 100 valence electrons. The highest BCUT2D eigenvalue weighted by molar-refractivity contribution is 5.79. The summed E-state index contributed by atoms with van der Waals surface area (Å²) in [6, 6.07) is 13.7. The first kappa shape index (κ1) is 11.7. The molecule has 21 heavy (non-hydrogen) atoms. The lowest BCUT2D eigenvalue weighted by molar-refractivity contribution is 0.962. The third-order valence-corrected chi connectivity index (χ3v) is 3.30. The number of pyridine rings is 3. The zero-order chi connectivity index (χ0) is 14.1. The van der Waals surface area contributed by atoms with Crippen LogP contribution in [0, 0.1) is 0 Å². The van der Waals surface area contributed by atoms with Gasteiger partial charge in [-0.3, -0.25) is 9.97 Å². The summed E-state index contributed by atoms with van der Waals surface area (Å²) in [5.74, 6) is 0. The zero-order valence-electron chi connectivity index (χ0n) is 11.1. The Bertz CT molecular complexity index is 899. The molecule has 4 heterocycles. The third kappa shape index (κ3) is 2.04. The van der Waals surface area contributed by atoms with Gasteiger partial charge in [-0.05, 0) is 30.3 Å². The van der Waals surface area contributed by atoms with Crippen molar-refractivity contribution in [3.8, 4) is 22.5 Å². The highest BCUT2D eigenvalue weighted by Crippen LogP contribution is 2.28. The maximum Gasteiger partial charge on any atom is 0.155 e. The van der Waals surface area contributed by atoms with E-state index in [0.29, 0.717) is 0 Å². The first-order valence-corrected chi connectivity index (χ1v) is 6.58. The van der Waals surface area contributed by atoms with Gasteiger partial charge in [-0.1, -0.05) is 12.1 Å². The highest BCUT2D eigenvalue weighted by Gasteiger charge is 2.10. The van der Waals surface area contributed by atoms with Crippen LogP contribution in [-0.4, -0.2) is 24.6 Å². The van der Waals surface area contributed by atoms with Gasteiger partial charge in [0, 0.05) is 29.7 Å². The predicted octanol–water partition coefficient (Wildman–Crippen LogP) is 2.85. The molecule has 0 spiro atoms. The number of rotatable bonds is 2. The molecule has 0 saturated carbocycles. The molecule has 5 nitrogen and oxygen atoms in total. The molecular formula is C16H11N5. The van der Waals surface area contributed by atoms with E-state index in [1.54, 1.807) is 23.2 Å². The fraction of sp³-hybridized carbons (Fsp3) is 0. The molecular weight excluding hydrogens is 262 g/mol. The molecule has 5 heteroatoms. The topological polar surface area (TPSA) is 56.0 Å². The van der Waals surface area contributed by atoms with Crippen LogP contribution in [-0.2, 0) is 0 Å². The van der Waals surface area contributed by atoms with Crippen LogP contribution in [0.5, 0.6) is 0 Å². The molecule has 0 fully saturated rings. The lowest BCUT2D eigenvalue weighted by Crippen LogP contribution is -1.93. The van der Waals surface area contributed by atoms with Crippen LogP contribution >= 0.6 is 0 Å². The smallest absolute Gasteiger partial charge is 0.155 e. The Labute approximate surface area is 121 Å². The van der Waals surface area contributed by atoms with E-state index >= 15 is 0 Å². The molecule has 4 aromatic rings. The van der Waals surface area contributed by atoms with E-state index in [-0.39, 0.29) is 0 Å². The molecule has 0 radical (unpaired) electrons. The summed E-state index contributed by atoms with van der Waals surface area (Å²) in [7, 11) is 0. The van der Waals surface area contributed by atoms with Crippen molar-refractivity contribution in [2.75, 3.05) is 0 Å². The summed E-state index contributed by atoms with van der Waals surface area (Å²) >= 11 is 0. The van der Waals surface area contributed by atoms with Crippen molar-refractivity contribution in [2.45, 2.75) is 0 Å². The van der Waals surface area contributed by atoms with Crippen molar-refractivity contribution < 1.29 is 0 Å². The molecule has 0 N–H and O–H groups in total. The molecule has 0 aromatic carbocycles. The largest absolute Gasteiger partial charge is 0.255 e. The number of hydrogen-bond acceptors (Lipinski definition) is 4. The van der Waals surface area contributed by atoms with E-state index in [9.17, 15) is 0 Å². The van der Waals surface area contributed by atoms with E-state index in [0.717, 1.165) is 28.2 Å². The van der Waals surface area contributed by atoms with Crippen molar-refractivity contribution in [2.24, 2.45) is 0 Å². The SMILES string of the molecule is c1ccc(-c2ncccc2-c2ccc3ncnn3c2)nc1. The van der Waals surface area contributed by atoms with Crippen LogP contribution in [0.15, 0.2) is 67.4 Å². The molecule has 0 aliphatic heterocycles. The quantitative estimate of drug-likeness (QED) is 0.563. The maximum atomic E-state index is 4.49. The molecule has 0 atom stereocenters. The van der Waals surface area contributed by atoms with Crippen LogP contribution in [0.4, 0.5) is 0 Å². The van der Waals surface area contributed by atoms with E-state index in [1.807, 2.05) is 48.7 Å². The Morgan fingerprint density at radius 3 is 2.67 bits per heavy atom. The van der Waals surface area contributed by atoms with Crippen LogP contribution < -0.4 is 0 Å².